The van der Waals surface area contributed by atoms with Gasteiger partial charge in [-0.25, -0.2) is 9.59 Å². The van der Waals surface area contributed by atoms with E-state index in [1.54, 1.807) is 71.9 Å². The number of hydrogen-bond donors (Lipinski definition) is 1. The van der Waals surface area contributed by atoms with Crippen LogP contribution in [0.15, 0.2) is 78.9 Å². The van der Waals surface area contributed by atoms with E-state index in [4.69, 9.17) is 9.47 Å². The SMILES string of the molecule is C.CC(C)(C)OC(=O)N(C(=O)OC(C)(C)C)c1ccc(-c2cccc(C=O)c2)nn1.CCCC(O)c1ccc2ccccc2c1. The van der Waals surface area contributed by atoms with Crippen LogP contribution in [0, 0.1) is 0 Å². The Labute approximate surface area is 266 Å². The fourth-order valence-electron chi connectivity index (χ4n) is 4.10. The van der Waals surface area contributed by atoms with Crippen molar-refractivity contribution in [2.24, 2.45) is 0 Å². The van der Waals surface area contributed by atoms with E-state index in [2.05, 4.69) is 41.4 Å². The molecule has 4 rings (SSSR count). The highest BCUT2D eigenvalue weighted by atomic mass is 16.6. The van der Waals surface area contributed by atoms with Gasteiger partial charge in [-0.1, -0.05) is 75.4 Å². The lowest BCUT2D eigenvalue weighted by molar-refractivity contribution is 0.0428. The van der Waals surface area contributed by atoms with Gasteiger partial charge in [-0.05, 0) is 88.6 Å². The number of anilines is 1. The fraction of sp³-hybridized carbons (Fsp3) is 0.361. The Morgan fingerprint density at radius 3 is 1.98 bits per heavy atom. The number of benzene rings is 3. The highest BCUT2D eigenvalue weighted by Crippen LogP contribution is 2.24. The molecule has 4 aromatic rings. The summed E-state index contributed by atoms with van der Waals surface area (Å²) in [6.45, 7) is 12.2. The second-order valence-electron chi connectivity index (χ2n) is 12.2. The first kappa shape index (κ1) is 36.6. The van der Waals surface area contributed by atoms with Crippen LogP contribution in [0.2, 0.25) is 0 Å². The summed E-state index contributed by atoms with van der Waals surface area (Å²) >= 11 is 0. The number of fused-ring (bicyclic) bond motifs is 1. The molecule has 1 heterocycles. The molecule has 2 amide bonds. The van der Waals surface area contributed by atoms with Gasteiger partial charge in [-0.3, -0.25) is 4.79 Å². The second kappa shape index (κ2) is 15.9. The molecule has 1 atom stereocenters. The number of carbonyl (C=O) groups excluding carboxylic acids is 3. The molecule has 0 saturated carbocycles. The molecular weight excluding hydrogens is 570 g/mol. The predicted octanol–water partition coefficient (Wildman–Crippen LogP) is 8.94. The quantitative estimate of drug-likeness (QED) is 0.214. The Morgan fingerprint density at radius 1 is 0.822 bits per heavy atom. The van der Waals surface area contributed by atoms with Crippen molar-refractivity contribution in [3.8, 4) is 11.3 Å². The maximum absolute atomic E-state index is 12.6. The van der Waals surface area contributed by atoms with Crippen LogP contribution in [0.1, 0.15) is 90.8 Å². The first-order valence-electron chi connectivity index (χ1n) is 14.5. The van der Waals surface area contributed by atoms with Crippen molar-refractivity contribution in [1.82, 2.24) is 10.2 Å². The topological polar surface area (TPSA) is 119 Å². The van der Waals surface area contributed by atoms with Crippen molar-refractivity contribution in [2.75, 3.05) is 4.90 Å². The molecule has 0 spiro atoms. The van der Waals surface area contributed by atoms with Crippen LogP contribution in [0.4, 0.5) is 15.4 Å². The number of rotatable bonds is 6. The van der Waals surface area contributed by atoms with Crippen molar-refractivity contribution >= 4 is 35.1 Å². The zero-order chi connectivity index (χ0) is 32.5. The summed E-state index contributed by atoms with van der Waals surface area (Å²) in [5, 5.41) is 20.4. The lowest BCUT2D eigenvalue weighted by Gasteiger charge is -2.27. The minimum atomic E-state index is -0.920. The molecule has 9 heteroatoms. The van der Waals surface area contributed by atoms with Gasteiger partial charge in [-0.15, -0.1) is 10.2 Å². The third-order valence-electron chi connectivity index (χ3n) is 6.07. The molecule has 1 N–H and O–H groups in total. The number of carbonyl (C=O) groups is 3. The molecule has 0 saturated heterocycles. The fourth-order valence-corrected chi connectivity index (χ4v) is 4.10. The van der Waals surface area contributed by atoms with Crippen LogP contribution >= 0.6 is 0 Å². The van der Waals surface area contributed by atoms with E-state index in [1.807, 2.05) is 18.2 Å². The minimum absolute atomic E-state index is 0. The molecule has 1 unspecified atom stereocenters. The summed E-state index contributed by atoms with van der Waals surface area (Å²) in [4.78, 5) is 36.9. The van der Waals surface area contributed by atoms with E-state index in [0.29, 0.717) is 21.7 Å². The normalized spacial score (nSPS) is 11.7. The average Bonchev–Trinajstić information content (AvgIpc) is 2.96. The molecule has 9 nitrogen and oxygen atoms in total. The number of aromatic nitrogens is 2. The summed E-state index contributed by atoms with van der Waals surface area (Å²) in [6, 6.07) is 24.3. The molecule has 3 aromatic carbocycles. The molecule has 0 aliphatic rings. The maximum Gasteiger partial charge on any atom is 0.425 e. The summed E-state index contributed by atoms with van der Waals surface area (Å²) in [6.07, 6.45) is 0.415. The lowest BCUT2D eigenvalue weighted by atomic mass is 10.0. The van der Waals surface area contributed by atoms with Crippen LogP contribution in [-0.2, 0) is 9.47 Å². The van der Waals surface area contributed by atoms with Gasteiger partial charge in [0.05, 0.1) is 11.8 Å². The molecular formula is C36H45N3O6. The number of imide groups is 1. The van der Waals surface area contributed by atoms with E-state index in [0.717, 1.165) is 24.7 Å². The number of aldehydes is 1. The molecule has 0 bridgehead atoms. The number of aliphatic hydroxyl groups excluding tert-OH is 1. The van der Waals surface area contributed by atoms with Crippen LogP contribution in [0.5, 0.6) is 0 Å². The van der Waals surface area contributed by atoms with Gasteiger partial charge in [0.15, 0.2) is 5.82 Å². The molecule has 240 valence electrons. The first-order valence-corrected chi connectivity index (χ1v) is 14.5. The number of hydrogen-bond acceptors (Lipinski definition) is 8. The highest BCUT2D eigenvalue weighted by molar-refractivity contribution is 6.08. The van der Waals surface area contributed by atoms with Crippen LogP contribution < -0.4 is 4.90 Å². The smallest absolute Gasteiger partial charge is 0.425 e. The van der Waals surface area contributed by atoms with E-state index < -0.39 is 23.4 Å². The maximum atomic E-state index is 12.6. The van der Waals surface area contributed by atoms with Gasteiger partial charge in [0.1, 0.15) is 17.5 Å². The van der Waals surface area contributed by atoms with E-state index >= 15 is 0 Å². The number of amides is 2. The largest absolute Gasteiger partial charge is 0.443 e. The number of nitrogens with zero attached hydrogens (tertiary/aromatic N) is 3. The average molecular weight is 616 g/mol. The molecule has 0 fully saturated rings. The Bertz CT molecular complexity index is 1540. The van der Waals surface area contributed by atoms with Gasteiger partial charge in [0, 0.05) is 11.1 Å². The monoisotopic (exact) mass is 615 g/mol. The van der Waals surface area contributed by atoms with E-state index in [-0.39, 0.29) is 19.3 Å². The van der Waals surface area contributed by atoms with Crippen LogP contribution in [-0.4, -0.2) is 45.0 Å². The summed E-state index contributed by atoms with van der Waals surface area (Å²) < 4.78 is 10.6. The third kappa shape index (κ3) is 11.1. The van der Waals surface area contributed by atoms with Crippen molar-refractivity contribution in [2.45, 2.75) is 86.0 Å². The number of ether oxygens (including phenoxy) is 2. The Morgan fingerprint density at radius 2 is 1.44 bits per heavy atom. The summed E-state index contributed by atoms with van der Waals surface area (Å²) in [5.41, 5.74) is 1.04. The zero-order valence-electron chi connectivity index (χ0n) is 26.4. The van der Waals surface area contributed by atoms with Gasteiger partial charge in [-0.2, -0.15) is 4.90 Å². The lowest BCUT2D eigenvalue weighted by Crippen LogP contribution is -2.44. The Balaban J connectivity index is 0.000000369. The Kier molecular flexibility index (Phi) is 12.9. The minimum Gasteiger partial charge on any atom is -0.443 e. The van der Waals surface area contributed by atoms with Gasteiger partial charge < -0.3 is 14.6 Å². The summed E-state index contributed by atoms with van der Waals surface area (Å²) in [7, 11) is 0. The standard InChI is InChI=1S/C21H25N3O5.C14H16O.CH4/c1-20(2,3)28-18(26)24(19(27)29-21(4,5)6)17-11-10-16(22-23-17)15-9-7-8-14(12-15)13-25;1-2-5-14(15)13-9-8-11-6-3-4-7-12(11)10-13;/h7-13H,1-6H3;3-4,6-10,14-15H,2,5H2,1H3;1H4. The van der Waals surface area contributed by atoms with Crippen LogP contribution in [0.25, 0.3) is 22.0 Å². The third-order valence-corrected chi connectivity index (χ3v) is 6.07. The second-order valence-corrected chi connectivity index (χ2v) is 12.2. The van der Waals surface area contributed by atoms with Gasteiger partial charge in [0.25, 0.3) is 0 Å². The van der Waals surface area contributed by atoms with Crippen LogP contribution in [0.3, 0.4) is 0 Å². The van der Waals surface area contributed by atoms with E-state index in [1.165, 1.54) is 16.8 Å². The van der Waals surface area contributed by atoms with Crippen molar-refractivity contribution < 1.29 is 29.0 Å². The number of aliphatic hydroxyl groups is 1. The van der Waals surface area contributed by atoms with E-state index in [9.17, 15) is 19.5 Å². The van der Waals surface area contributed by atoms with Gasteiger partial charge in [0.2, 0.25) is 0 Å². The molecule has 45 heavy (non-hydrogen) atoms. The molecule has 0 radical (unpaired) electrons. The van der Waals surface area contributed by atoms with Crippen molar-refractivity contribution in [3.63, 3.8) is 0 Å². The zero-order valence-corrected chi connectivity index (χ0v) is 26.4. The molecule has 0 aliphatic carbocycles. The Hall–Kier alpha value is -4.63. The molecule has 0 aliphatic heterocycles. The first-order chi connectivity index (χ1) is 20.7. The molecule has 1 aromatic heterocycles. The van der Waals surface area contributed by atoms with Crippen molar-refractivity contribution in [3.05, 3.63) is 90.0 Å². The van der Waals surface area contributed by atoms with Gasteiger partial charge >= 0.3 is 12.2 Å². The predicted molar refractivity (Wildman–Crippen MR) is 178 cm³/mol. The van der Waals surface area contributed by atoms with Crippen molar-refractivity contribution in [1.29, 1.82) is 0 Å². The highest BCUT2D eigenvalue weighted by Gasteiger charge is 2.33. The summed E-state index contributed by atoms with van der Waals surface area (Å²) in [5.74, 6) is -0.0382.